The van der Waals surface area contributed by atoms with Gasteiger partial charge < -0.3 is 9.63 Å². The maximum Gasteiger partial charge on any atom is 0.229 e. The summed E-state index contributed by atoms with van der Waals surface area (Å²) in [5.74, 6) is 1.69. The molecule has 0 amide bonds. The van der Waals surface area contributed by atoms with Crippen molar-refractivity contribution < 1.29 is 9.63 Å². The van der Waals surface area contributed by atoms with Crippen LogP contribution < -0.4 is 0 Å². The first-order valence-corrected chi connectivity index (χ1v) is 6.62. The molecule has 1 aliphatic rings. The SMILES string of the molecule is CC1(C)CC1c1noc(CC(O)c2ccccc2)n1. The Kier molecular flexibility index (Phi) is 2.90. The van der Waals surface area contributed by atoms with Gasteiger partial charge in [-0.1, -0.05) is 49.3 Å². The van der Waals surface area contributed by atoms with E-state index in [0.29, 0.717) is 23.6 Å². The molecular formula is C15H18N2O2. The Labute approximate surface area is 112 Å². The second-order valence-corrected chi connectivity index (χ2v) is 5.92. The summed E-state index contributed by atoms with van der Waals surface area (Å²) in [4.78, 5) is 4.40. The molecule has 1 fully saturated rings. The minimum atomic E-state index is -0.596. The summed E-state index contributed by atoms with van der Waals surface area (Å²) in [5.41, 5.74) is 1.16. The number of benzene rings is 1. The summed E-state index contributed by atoms with van der Waals surface area (Å²) in [6, 6.07) is 9.53. The predicted octanol–water partition coefficient (Wildman–Crippen LogP) is 2.86. The van der Waals surface area contributed by atoms with Gasteiger partial charge in [-0.15, -0.1) is 0 Å². The zero-order chi connectivity index (χ0) is 13.5. The van der Waals surface area contributed by atoms with Gasteiger partial charge in [0.15, 0.2) is 5.82 Å². The highest BCUT2D eigenvalue weighted by Crippen LogP contribution is 2.57. The van der Waals surface area contributed by atoms with Gasteiger partial charge >= 0.3 is 0 Å². The van der Waals surface area contributed by atoms with Crippen LogP contribution in [0.5, 0.6) is 0 Å². The van der Waals surface area contributed by atoms with Crippen LogP contribution in [0.15, 0.2) is 34.9 Å². The van der Waals surface area contributed by atoms with Crippen molar-refractivity contribution in [3.63, 3.8) is 0 Å². The van der Waals surface area contributed by atoms with Crippen molar-refractivity contribution in [1.29, 1.82) is 0 Å². The highest BCUT2D eigenvalue weighted by molar-refractivity contribution is 5.19. The van der Waals surface area contributed by atoms with Gasteiger partial charge in [0.1, 0.15) is 0 Å². The number of aromatic nitrogens is 2. The van der Waals surface area contributed by atoms with E-state index in [4.69, 9.17) is 4.52 Å². The molecule has 2 aromatic rings. The van der Waals surface area contributed by atoms with E-state index in [-0.39, 0.29) is 0 Å². The molecule has 4 heteroatoms. The number of hydrogen-bond donors (Lipinski definition) is 1. The lowest BCUT2D eigenvalue weighted by molar-refractivity contribution is 0.164. The van der Waals surface area contributed by atoms with E-state index >= 15 is 0 Å². The molecule has 2 unspecified atom stereocenters. The van der Waals surface area contributed by atoms with Crippen molar-refractivity contribution in [2.45, 2.75) is 38.7 Å². The number of nitrogens with zero attached hydrogens (tertiary/aromatic N) is 2. The highest BCUT2D eigenvalue weighted by atomic mass is 16.5. The van der Waals surface area contributed by atoms with Gasteiger partial charge in [0.25, 0.3) is 0 Å². The van der Waals surface area contributed by atoms with Crippen molar-refractivity contribution in [3.05, 3.63) is 47.6 Å². The molecule has 1 aromatic carbocycles. The monoisotopic (exact) mass is 258 g/mol. The molecule has 0 radical (unpaired) electrons. The number of rotatable bonds is 4. The molecule has 1 aliphatic carbocycles. The van der Waals surface area contributed by atoms with Gasteiger partial charge in [0.05, 0.1) is 12.5 Å². The van der Waals surface area contributed by atoms with Crippen LogP contribution in [0, 0.1) is 5.41 Å². The van der Waals surface area contributed by atoms with Crippen LogP contribution in [0.2, 0.25) is 0 Å². The molecule has 1 saturated carbocycles. The Bertz CT molecular complexity index is 563. The number of hydrogen-bond acceptors (Lipinski definition) is 4. The van der Waals surface area contributed by atoms with Gasteiger partial charge in [-0.05, 0) is 17.4 Å². The Morgan fingerprint density at radius 3 is 2.68 bits per heavy atom. The zero-order valence-corrected chi connectivity index (χ0v) is 11.2. The smallest absolute Gasteiger partial charge is 0.229 e. The lowest BCUT2D eigenvalue weighted by Gasteiger charge is -2.07. The van der Waals surface area contributed by atoms with Gasteiger partial charge in [-0.25, -0.2) is 0 Å². The lowest BCUT2D eigenvalue weighted by Crippen LogP contribution is -2.02. The number of aliphatic hydroxyl groups is 1. The second kappa shape index (κ2) is 4.46. The number of aliphatic hydroxyl groups excluding tert-OH is 1. The molecule has 0 bridgehead atoms. The van der Waals surface area contributed by atoms with Crippen molar-refractivity contribution >= 4 is 0 Å². The molecule has 1 N–H and O–H groups in total. The summed E-state index contributed by atoms with van der Waals surface area (Å²) >= 11 is 0. The highest BCUT2D eigenvalue weighted by Gasteiger charge is 2.49. The molecule has 1 aromatic heterocycles. The van der Waals surface area contributed by atoms with Crippen LogP contribution in [0.3, 0.4) is 0 Å². The molecule has 4 nitrogen and oxygen atoms in total. The fourth-order valence-corrected chi connectivity index (χ4v) is 2.36. The van der Waals surface area contributed by atoms with Crippen LogP contribution in [0.4, 0.5) is 0 Å². The second-order valence-electron chi connectivity index (χ2n) is 5.92. The summed E-state index contributed by atoms with van der Waals surface area (Å²) < 4.78 is 5.23. The Morgan fingerprint density at radius 2 is 2.05 bits per heavy atom. The Hall–Kier alpha value is -1.68. The van der Waals surface area contributed by atoms with Crippen molar-refractivity contribution in [3.8, 4) is 0 Å². The topological polar surface area (TPSA) is 59.2 Å². The van der Waals surface area contributed by atoms with E-state index in [0.717, 1.165) is 17.8 Å². The minimum Gasteiger partial charge on any atom is -0.388 e. The first-order valence-electron chi connectivity index (χ1n) is 6.62. The van der Waals surface area contributed by atoms with Crippen molar-refractivity contribution in [2.75, 3.05) is 0 Å². The normalized spacial score (nSPS) is 22.2. The third kappa shape index (κ3) is 2.54. The van der Waals surface area contributed by atoms with Crippen LogP contribution in [-0.2, 0) is 6.42 Å². The average molecular weight is 258 g/mol. The summed E-state index contributed by atoms with van der Waals surface area (Å²) in [5, 5.41) is 14.1. The van der Waals surface area contributed by atoms with E-state index in [2.05, 4.69) is 24.0 Å². The predicted molar refractivity (Wildman–Crippen MR) is 70.5 cm³/mol. The van der Waals surface area contributed by atoms with E-state index in [1.165, 1.54) is 0 Å². The molecule has 2 atom stereocenters. The quantitative estimate of drug-likeness (QED) is 0.916. The van der Waals surface area contributed by atoms with Crippen molar-refractivity contribution in [1.82, 2.24) is 10.1 Å². The fraction of sp³-hybridized carbons (Fsp3) is 0.467. The summed E-state index contributed by atoms with van der Waals surface area (Å²) in [7, 11) is 0. The van der Waals surface area contributed by atoms with Crippen LogP contribution in [0.25, 0.3) is 0 Å². The fourth-order valence-electron chi connectivity index (χ4n) is 2.36. The first kappa shape index (κ1) is 12.4. The minimum absolute atomic E-state index is 0.291. The molecule has 0 saturated heterocycles. The molecule has 19 heavy (non-hydrogen) atoms. The Morgan fingerprint density at radius 1 is 1.37 bits per heavy atom. The average Bonchev–Trinajstić information content (AvgIpc) is 2.84. The van der Waals surface area contributed by atoms with Gasteiger partial charge in [0, 0.05) is 5.92 Å². The Balaban J connectivity index is 1.68. The maximum absolute atomic E-state index is 10.1. The largest absolute Gasteiger partial charge is 0.388 e. The van der Waals surface area contributed by atoms with E-state index in [1.54, 1.807) is 0 Å². The first-order chi connectivity index (χ1) is 9.06. The van der Waals surface area contributed by atoms with Crippen molar-refractivity contribution in [2.24, 2.45) is 5.41 Å². The van der Waals surface area contributed by atoms with Gasteiger partial charge in [0.2, 0.25) is 5.89 Å². The summed E-state index contributed by atoms with van der Waals surface area (Å²) in [6.45, 7) is 4.40. The van der Waals surface area contributed by atoms with Crippen LogP contribution in [0.1, 0.15) is 49.6 Å². The van der Waals surface area contributed by atoms with E-state index in [1.807, 2.05) is 30.3 Å². The van der Waals surface area contributed by atoms with Crippen LogP contribution >= 0.6 is 0 Å². The lowest BCUT2D eigenvalue weighted by atomic mass is 10.1. The standard InChI is InChI=1S/C15H18N2O2/c1-15(2)9-11(15)14-16-13(19-17-14)8-12(18)10-6-4-3-5-7-10/h3-7,11-12,18H,8-9H2,1-2H3. The zero-order valence-electron chi connectivity index (χ0n) is 11.2. The third-order valence-corrected chi connectivity index (χ3v) is 3.86. The molecule has 3 rings (SSSR count). The molecule has 1 heterocycles. The molecule has 0 spiro atoms. The summed E-state index contributed by atoms with van der Waals surface area (Å²) in [6.07, 6.45) is 0.874. The molecule has 0 aliphatic heterocycles. The van der Waals surface area contributed by atoms with E-state index < -0.39 is 6.10 Å². The maximum atomic E-state index is 10.1. The van der Waals surface area contributed by atoms with Crippen LogP contribution in [-0.4, -0.2) is 15.2 Å². The van der Waals surface area contributed by atoms with E-state index in [9.17, 15) is 5.11 Å². The van der Waals surface area contributed by atoms with Gasteiger partial charge in [-0.3, -0.25) is 0 Å². The van der Waals surface area contributed by atoms with Gasteiger partial charge in [-0.2, -0.15) is 4.98 Å². The molecular weight excluding hydrogens is 240 g/mol. The third-order valence-electron chi connectivity index (χ3n) is 3.86. The molecule has 100 valence electrons.